The standard InChI is InChI=1S/C17H14N4O2S/c22-17(10-21-11-19-13-4-1-2-5-14(13)21)18-9-12-8-15(23-20-12)16-6-3-7-24-16/h1-8,11H,9-10H2,(H,18,22). The predicted molar refractivity (Wildman–Crippen MR) is 91.4 cm³/mol. The first kappa shape index (κ1) is 14.6. The third-order valence-electron chi connectivity index (χ3n) is 3.63. The molecule has 120 valence electrons. The number of thiophene rings is 1. The molecular formula is C17H14N4O2S. The Bertz CT molecular complexity index is 971. The summed E-state index contributed by atoms with van der Waals surface area (Å²) < 4.78 is 7.12. The van der Waals surface area contributed by atoms with Crippen LogP contribution in [0.1, 0.15) is 5.69 Å². The Morgan fingerprint density at radius 2 is 2.17 bits per heavy atom. The fraction of sp³-hybridized carbons (Fsp3) is 0.118. The number of carbonyl (C=O) groups is 1. The van der Waals surface area contributed by atoms with Crippen LogP contribution in [0.25, 0.3) is 21.7 Å². The fourth-order valence-electron chi connectivity index (χ4n) is 2.47. The Kier molecular flexibility index (Phi) is 3.84. The van der Waals surface area contributed by atoms with Gasteiger partial charge in [-0.3, -0.25) is 4.79 Å². The predicted octanol–water partition coefficient (Wildman–Crippen LogP) is 3.07. The van der Waals surface area contributed by atoms with Crippen molar-refractivity contribution in [1.82, 2.24) is 20.0 Å². The molecule has 1 N–H and O–H groups in total. The van der Waals surface area contributed by atoms with E-state index in [-0.39, 0.29) is 12.5 Å². The second kappa shape index (κ2) is 6.29. The molecule has 0 unspecified atom stereocenters. The average Bonchev–Trinajstić information content (AvgIpc) is 3.34. The smallest absolute Gasteiger partial charge is 0.240 e. The van der Waals surface area contributed by atoms with Gasteiger partial charge in [-0.25, -0.2) is 4.98 Å². The quantitative estimate of drug-likeness (QED) is 0.607. The van der Waals surface area contributed by atoms with Crippen LogP contribution in [0.5, 0.6) is 0 Å². The monoisotopic (exact) mass is 338 g/mol. The Morgan fingerprint density at radius 1 is 1.25 bits per heavy atom. The van der Waals surface area contributed by atoms with E-state index in [0.29, 0.717) is 12.2 Å². The SMILES string of the molecule is O=C(Cn1cnc2ccccc21)NCc1cc(-c2cccs2)on1. The summed E-state index contributed by atoms with van der Waals surface area (Å²) in [6.45, 7) is 0.552. The normalized spacial score (nSPS) is 11.0. The van der Waals surface area contributed by atoms with Crippen LogP contribution in [0, 0.1) is 0 Å². The number of nitrogens with zero attached hydrogens (tertiary/aromatic N) is 3. The molecule has 0 spiro atoms. The molecule has 3 heterocycles. The molecule has 4 rings (SSSR count). The number of hydrogen-bond donors (Lipinski definition) is 1. The minimum Gasteiger partial charge on any atom is -0.355 e. The van der Waals surface area contributed by atoms with Crippen molar-refractivity contribution >= 4 is 28.3 Å². The highest BCUT2D eigenvalue weighted by Gasteiger charge is 2.10. The summed E-state index contributed by atoms with van der Waals surface area (Å²) in [6, 6.07) is 13.5. The number of hydrogen-bond acceptors (Lipinski definition) is 5. The van der Waals surface area contributed by atoms with Gasteiger partial charge in [0.15, 0.2) is 5.76 Å². The van der Waals surface area contributed by atoms with Crippen molar-refractivity contribution in [2.24, 2.45) is 0 Å². The van der Waals surface area contributed by atoms with Crippen LogP contribution in [0.15, 0.2) is 58.7 Å². The van der Waals surface area contributed by atoms with E-state index in [2.05, 4.69) is 15.5 Å². The molecule has 0 aliphatic heterocycles. The molecule has 24 heavy (non-hydrogen) atoms. The lowest BCUT2D eigenvalue weighted by Crippen LogP contribution is -2.26. The molecule has 7 heteroatoms. The van der Waals surface area contributed by atoms with Gasteiger partial charge in [-0.15, -0.1) is 11.3 Å². The van der Waals surface area contributed by atoms with Gasteiger partial charge >= 0.3 is 0 Å². The molecule has 1 amide bonds. The average molecular weight is 338 g/mol. The van der Waals surface area contributed by atoms with Crippen LogP contribution in [0.3, 0.4) is 0 Å². The minimum atomic E-state index is -0.0983. The summed E-state index contributed by atoms with van der Waals surface area (Å²) in [5, 5.41) is 8.82. The highest BCUT2D eigenvalue weighted by molar-refractivity contribution is 7.13. The molecule has 3 aromatic heterocycles. The topological polar surface area (TPSA) is 73.0 Å². The lowest BCUT2D eigenvalue weighted by atomic mass is 10.3. The number of fused-ring (bicyclic) bond motifs is 1. The number of para-hydroxylation sites is 2. The van der Waals surface area contributed by atoms with Crippen LogP contribution in [0.2, 0.25) is 0 Å². The van der Waals surface area contributed by atoms with Gasteiger partial charge in [-0.2, -0.15) is 0 Å². The maximum absolute atomic E-state index is 12.1. The zero-order valence-corrected chi connectivity index (χ0v) is 13.5. The molecule has 6 nitrogen and oxygen atoms in total. The first-order valence-electron chi connectivity index (χ1n) is 7.45. The third kappa shape index (κ3) is 2.93. The number of amides is 1. The van der Waals surface area contributed by atoms with E-state index >= 15 is 0 Å². The van der Waals surface area contributed by atoms with Gasteiger partial charge in [0.05, 0.1) is 28.8 Å². The van der Waals surface area contributed by atoms with Gasteiger partial charge in [-0.1, -0.05) is 23.4 Å². The zero-order valence-electron chi connectivity index (χ0n) is 12.7. The second-order valence-electron chi connectivity index (χ2n) is 5.30. The van der Waals surface area contributed by atoms with Crippen molar-refractivity contribution in [3.05, 3.63) is 59.9 Å². The van der Waals surface area contributed by atoms with Crippen molar-refractivity contribution in [2.45, 2.75) is 13.1 Å². The van der Waals surface area contributed by atoms with E-state index < -0.39 is 0 Å². The highest BCUT2D eigenvalue weighted by Crippen LogP contribution is 2.25. The summed E-state index contributed by atoms with van der Waals surface area (Å²) in [5.41, 5.74) is 2.51. The van der Waals surface area contributed by atoms with Crippen molar-refractivity contribution in [2.75, 3.05) is 0 Å². The summed E-state index contributed by atoms with van der Waals surface area (Å²) in [7, 11) is 0. The van der Waals surface area contributed by atoms with Crippen molar-refractivity contribution in [1.29, 1.82) is 0 Å². The molecule has 1 aromatic carbocycles. The number of rotatable bonds is 5. The van der Waals surface area contributed by atoms with Crippen LogP contribution < -0.4 is 5.32 Å². The first-order valence-corrected chi connectivity index (χ1v) is 8.33. The Morgan fingerprint density at radius 3 is 3.04 bits per heavy atom. The van der Waals surface area contributed by atoms with E-state index in [9.17, 15) is 4.79 Å². The number of nitrogens with one attached hydrogen (secondary N) is 1. The lowest BCUT2D eigenvalue weighted by molar-refractivity contribution is -0.121. The molecule has 0 fully saturated rings. The third-order valence-corrected chi connectivity index (χ3v) is 4.52. The van der Waals surface area contributed by atoms with E-state index in [1.54, 1.807) is 17.7 Å². The van der Waals surface area contributed by atoms with Gasteiger partial charge in [0.1, 0.15) is 12.2 Å². The largest absolute Gasteiger partial charge is 0.355 e. The molecule has 0 saturated heterocycles. The summed E-state index contributed by atoms with van der Waals surface area (Å²) in [4.78, 5) is 17.4. The second-order valence-corrected chi connectivity index (χ2v) is 6.25. The van der Waals surface area contributed by atoms with Crippen LogP contribution in [-0.2, 0) is 17.9 Å². The van der Waals surface area contributed by atoms with Gasteiger partial charge < -0.3 is 14.4 Å². The molecule has 0 atom stereocenters. The molecule has 0 radical (unpaired) electrons. The van der Waals surface area contributed by atoms with Crippen LogP contribution in [-0.4, -0.2) is 20.6 Å². The Hall–Kier alpha value is -2.93. The minimum absolute atomic E-state index is 0.0983. The van der Waals surface area contributed by atoms with Gasteiger partial charge in [0.25, 0.3) is 0 Å². The number of benzene rings is 1. The number of aromatic nitrogens is 3. The zero-order chi connectivity index (χ0) is 16.4. The maximum Gasteiger partial charge on any atom is 0.240 e. The molecule has 0 aliphatic carbocycles. The Balaban J connectivity index is 1.38. The summed E-state index contributed by atoms with van der Waals surface area (Å²) in [6.07, 6.45) is 1.68. The van der Waals surface area contributed by atoms with Crippen molar-refractivity contribution in [3.63, 3.8) is 0 Å². The van der Waals surface area contributed by atoms with Crippen molar-refractivity contribution in [3.8, 4) is 10.6 Å². The molecule has 4 aromatic rings. The van der Waals surface area contributed by atoms with Crippen LogP contribution >= 0.6 is 11.3 Å². The summed E-state index contributed by atoms with van der Waals surface area (Å²) in [5.74, 6) is 0.619. The van der Waals surface area contributed by atoms with Gasteiger partial charge in [0, 0.05) is 6.07 Å². The van der Waals surface area contributed by atoms with E-state index in [0.717, 1.165) is 21.7 Å². The molecule has 0 saturated carbocycles. The number of carbonyl (C=O) groups excluding carboxylic acids is 1. The van der Waals surface area contributed by atoms with E-state index in [1.807, 2.05) is 52.4 Å². The first-order chi connectivity index (χ1) is 11.8. The van der Waals surface area contributed by atoms with E-state index in [4.69, 9.17) is 4.52 Å². The Labute approximate surface area is 141 Å². The fourth-order valence-corrected chi connectivity index (χ4v) is 3.14. The molecule has 0 bridgehead atoms. The number of imidazole rings is 1. The molecular weight excluding hydrogens is 324 g/mol. The van der Waals surface area contributed by atoms with Crippen molar-refractivity contribution < 1.29 is 9.32 Å². The summed E-state index contributed by atoms with van der Waals surface area (Å²) >= 11 is 1.59. The maximum atomic E-state index is 12.1. The molecule has 0 aliphatic rings. The highest BCUT2D eigenvalue weighted by atomic mass is 32.1. The van der Waals surface area contributed by atoms with Gasteiger partial charge in [0.2, 0.25) is 5.91 Å². The lowest BCUT2D eigenvalue weighted by Gasteiger charge is -2.05. The van der Waals surface area contributed by atoms with E-state index in [1.165, 1.54) is 0 Å². The van der Waals surface area contributed by atoms with Crippen LogP contribution in [0.4, 0.5) is 0 Å². The van der Waals surface area contributed by atoms with Gasteiger partial charge in [-0.05, 0) is 23.6 Å².